The molecule has 2 aromatic carbocycles. The van der Waals surface area contributed by atoms with E-state index in [4.69, 9.17) is 4.74 Å². The Hall–Kier alpha value is -3.87. The standard InChI is InChI=1S/C27H29N3O4/c1-18-15-23(19(2)29(18)14-13-20-9-11-22(34-3)12-10-20)25(31)17-30-26(32)24(28-27(30)33)16-21-7-5-4-6-8-21/h4-12,15,24H,13-14,16-17H2,1-3H3,(H,28,33)/t24-/m0/s1. The van der Waals surface area contributed by atoms with E-state index in [0.717, 1.165) is 40.6 Å². The van der Waals surface area contributed by atoms with Crippen LogP contribution in [0.25, 0.3) is 0 Å². The van der Waals surface area contributed by atoms with Gasteiger partial charge in [-0.3, -0.25) is 14.5 Å². The number of imide groups is 1. The zero-order valence-corrected chi connectivity index (χ0v) is 19.7. The fraction of sp³-hybridized carbons (Fsp3) is 0.296. The molecule has 2 heterocycles. The first-order valence-corrected chi connectivity index (χ1v) is 11.4. The summed E-state index contributed by atoms with van der Waals surface area (Å²) in [6, 6.07) is 18.1. The van der Waals surface area contributed by atoms with E-state index < -0.39 is 12.1 Å². The van der Waals surface area contributed by atoms with Crippen molar-refractivity contribution in [2.75, 3.05) is 13.7 Å². The molecule has 7 nitrogen and oxygen atoms in total. The maximum Gasteiger partial charge on any atom is 0.325 e. The van der Waals surface area contributed by atoms with Gasteiger partial charge in [0, 0.05) is 29.9 Å². The predicted molar refractivity (Wildman–Crippen MR) is 129 cm³/mol. The molecule has 3 aromatic rings. The third-order valence-electron chi connectivity index (χ3n) is 6.35. The number of ketones is 1. The van der Waals surface area contributed by atoms with Crippen molar-refractivity contribution in [1.82, 2.24) is 14.8 Å². The number of carbonyl (C=O) groups excluding carboxylic acids is 3. The number of hydrogen-bond donors (Lipinski definition) is 1. The number of rotatable bonds is 9. The number of methoxy groups -OCH3 is 1. The van der Waals surface area contributed by atoms with Gasteiger partial charge in [-0.25, -0.2) is 4.79 Å². The van der Waals surface area contributed by atoms with E-state index in [2.05, 4.69) is 9.88 Å². The highest BCUT2D eigenvalue weighted by Crippen LogP contribution is 2.20. The van der Waals surface area contributed by atoms with Gasteiger partial charge in [-0.05, 0) is 49.6 Å². The average molecular weight is 460 g/mol. The minimum absolute atomic E-state index is 0.243. The highest BCUT2D eigenvalue weighted by atomic mass is 16.5. The van der Waals surface area contributed by atoms with E-state index >= 15 is 0 Å². The van der Waals surface area contributed by atoms with Gasteiger partial charge < -0.3 is 14.6 Å². The molecule has 1 aliphatic rings. The highest BCUT2D eigenvalue weighted by molar-refractivity contribution is 6.09. The van der Waals surface area contributed by atoms with E-state index in [1.807, 2.05) is 74.5 Å². The molecular weight excluding hydrogens is 430 g/mol. The highest BCUT2D eigenvalue weighted by Gasteiger charge is 2.39. The van der Waals surface area contributed by atoms with Crippen LogP contribution in [0, 0.1) is 13.8 Å². The Kier molecular flexibility index (Phi) is 6.82. The monoisotopic (exact) mass is 459 g/mol. The van der Waals surface area contributed by atoms with Crippen molar-refractivity contribution in [3.8, 4) is 5.75 Å². The van der Waals surface area contributed by atoms with Crippen LogP contribution in [-0.2, 0) is 24.2 Å². The van der Waals surface area contributed by atoms with Crippen LogP contribution >= 0.6 is 0 Å². The van der Waals surface area contributed by atoms with Gasteiger partial charge >= 0.3 is 6.03 Å². The number of amides is 3. The van der Waals surface area contributed by atoms with Crippen molar-refractivity contribution in [3.05, 3.63) is 88.7 Å². The van der Waals surface area contributed by atoms with Crippen LogP contribution in [-0.4, -0.2) is 46.9 Å². The van der Waals surface area contributed by atoms with Crippen molar-refractivity contribution in [2.45, 2.75) is 39.3 Å². The van der Waals surface area contributed by atoms with Crippen LogP contribution in [0.3, 0.4) is 0 Å². The predicted octanol–water partition coefficient (Wildman–Crippen LogP) is 3.70. The molecule has 1 aromatic heterocycles. The minimum Gasteiger partial charge on any atom is -0.497 e. The fourth-order valence-corrected chi connectivity index (χ4v) is 4.40. The number of nitrogens with one attached hydrogen (secondary N) is 1. The van der Waals surface area contributed by atoms with Gasteiger partial charge in [-0.15, -0.1) is 0 Å². The molecule has 1 aliphatic heterocycles. The maximum absolute atomic E-state index is 13.1. The first-order chi connectivity index (χ1) is 16.4. The Bertz CT molecular complexity index is 1200. The number of benzene rings is 2. The van der Waals surface area contributed by atoms with Crippen LogP contribution in [0.15, 0.2) is 60.7 Å². The van der Waals surface area contributed by atoms with E-state index in [9.17, 15) is 14.4 Å². The molecular formula is C27H29N3O4. The van der Waals surface area contributed by atoms with Crippen molar-refractivity contribution in [3.63, 3.8) is 0 Å². The SMILES string of the molecule is COc1ccc(CCn2c(C)cc(C(=O)CN3C(=O)N[C@@H](Cc4ccccc4)C3=O)c2C)cc1. The molecule has 176 valence electrons. The Morgan fingerprint density at radius 2 is 1.71 bits per heavy atom. The lowest BCUT2D eigenvalue weighted by atomic mass is 10.1. The summed E-state index contributed by atoms with van der Waals surface area (Å²) < 4.78 is 7.31. The molecule has 0 unspecified atom stereocenters. The molecule has 0 aliphatic carbocycles. The van der Waals surface area contributed by atoms with Crippen molar-refractivity contribution in [2.24, 2.45) is 0 Å². The van der Waals surface area contributed by atoms with Gasteiger partial charge in [0.1, 0.15) is 11.8 Å². The molecule has 0 spiro atoms. The first-order valence-electron chi connectivity index (χ1n) is 11.4. The lowest BCUT2D eigenvalue weighted by Crippen LogP contribution is -2.36. The van der Waals surface area contributed by atoms with E-state index in [1.165, 1.54) is 5.56 Å². The molecule has 1 saturated heterocycles. The zero-order valence-electron chi connectivity index (χ0n) is 19.7. The maximum atomic E-state index is 13.1. The number of hydrogen-bond acceptors (Lipinski definition) is 4. The number of carbonyl (C=O) groups is 3. The normalized spacial score (nSPS) is 15.5. The topological polar surface area (TPSA) is 80.6 Å². The average Bonchev–Trinajstić information content (AvgIpc) is 3.27. The van der Waals surface area contributed by atoms with Crippen LogP contribution in [0.4, 0.5) is 4.79 Å². The quantitative estimate of drug-likeness (QED) is 0.391. The summed E-state index contributed by atoms with van der Waals surface area (Å²) in [5, 5.41) is 2.71. The third kappa shape index (κ3) is 4.88. The van der Waals surface area contributed by atoms with E-state index in [0.29, 0.717) is 12.0 Å². The molecule has 0 radical (unpaired) electrons. The lowest BCUT2D eigenvalue weighted by Gasteiger charge is -2.13. The molecule has 1 fully saturated rings. The Labute approximate surface area is 199 Å². The molecule has 1 atom stereocenters. The van der Waals surface area contributed by atoms with Crippen LogP contribution in [0.1, 0.15) is 32.9 Å². The van der Waals surface area contributed by atoms with Crippen LogP contribution < -0.4 is 10.1 Å². The van der Waals surface area contributed by atoms with Crippen molar-refractivity contribution < 1.29 is 19.1 Å². The second kappa shape index (κ2) is 9.95. The molecule has 3 amide bonds. The summed E-state index contributed by atoms with van der Waals surface area (Å²) in [5.74, 6) is 0.208. The van der Waals surface area contributed by atoms with Crippen molar-refractivity contribution >= 4 is 17.7 Å². The van der Waals surface area contributed by atoms with E-state index in [-0.39, 0.29) is 18.2 Å². The van der Waals surface area contributed by atoms with Gasteiger partial charge in [0.15, 0.2) is 5.78 Å². The number of ether oxygens (including phenoxy) is 1. The third-order valence-corrected chi connectivity index (χ3v) is 6.35. The minimum atomic E-state index is -0.653. The van der Waals surface area contributed by atoms with Crippen LogP contribution in [0.2, 0.25) is 0 Å². The lowest BCUT2D eigenvalue weighted by molar-refractivity contribution is -0.127. The first kappa shape index (κ1) is 23.3. The summed E-state index contributed by atoms with van der Waals surface area (Å²) in [4.78, 5) is 39.4. The van der Waals surface area contributed by atoms with Gasteiger partial charge in [0.05, 0.1) is 13.7 Å². The summed E-state index contributed by atoms with van der Waals surface area (Å²) in [5.41, 5.74) is 4.47. The molecule has 34 heavy (non-hydrogen) atoms. The number of nitrogens with zero attached hydrogens (tertiary/aromatic N) is 2. The van der Waals surface area contributed by atoms with E-state index in [1.54, 1.807) is 7.11 Å². The Balaban J connectivity index is 1.41. The molecule has 7 heteroatoms. The number of aromatic nitrogens is 1. The number of Topliss-reactive ketones (excluding diaryl/α,β-unsaturated/α-hetero) is 1. The summed E-state index contributed by atoms with van der Waals surface area (Å²) in [6.07, 6.45) is 1.21. The Morgan fingerprint density at radius 1 is 1.00 bits per heavy atom. The largest absolute Gasteiger partial charge is 0.497 e. The van der Waals surface area contributed by atoms with Gasteiger partial charge in [-0.2, -0.15) is 0 Å². The molecule has 1 N–H and O–H groups in total. The molecule has 0 bridgehead atoms. The smallest absolute Gasteiger partial charge is 0.325 e. The summed E-state index contributed by atoms with van der Waals surface area (Å²) in [6.45, 7) is 4.32. The zero-order chi connectivity index (χ0) is 24.2. The summed E-state index contributed by atoms with van der Waals surface area (Å²) >= 11 is 0. The van der Waals surface area contributed by atoms with Gasteiger partial charge in [0.25, 0.3) is 5.91 Å². The van der Waals surface area contributed by atoms with Crippen LogP contribution in [0.5, 0.6) is 5.75 Å². The molecule has 4 rings (SSSR count). The second-order valence-electron chi connectivity index (χ2n) is 8.57. The fourth-order valence-electron chi connectivity index (χ4n) is 4.40. The summed E-state index contributed by atoms with van der Waals surface area (Å²) in [7, 11) is 1.64. The van der Waals surface area contributed by atoms with Gasteiger partial charge in [-0.1, -0.05) is 42.5 Å². The molecule has 0 saturated carbocycles. The Morgan fingerprint density at radius 3 is 2.38 bits per heavy atom. The number of urea groups is 1. The second-order valence-corrected chi connectivity index (χ2v) is 8.57. The number of aryl methyl sites for hydroxylation is 2. The van der Waals surface area contributed by atoms with Crippen molar-refractivity contribution in [1.29, 1.82) is 0 Å². The van der Waals surface area contributed by atoms with Gasteiger partial charge in [0.2, 0.25) is 0 Å².